The zero-order valence-electron chi connectivity index (χ0n) is 17.3. The number of carboxylic acid groups (broad SMARTS) is 2. The van der Waals surface area contributed by atoms with Gasteiger partial charge in [-0.3, -0.25) is 0 Å². The number of carboxylic acids is 2. The fourth-order valence-electron chi connectivity index (χ4n) is 2.94. The molecule has 2 aromatic carbocycles. The molecule has 1 heterocycles. The van der Waals surface area contributed by atoms with E-state index in [2.05, 4.69) is 17.4 Å². The van der Waals surface area contributed by atoms with Gasteiger partial charge in [0.05, 0.1) is 38.7 Å². The van der Waals surface area contributed by atoms with Crippen LogP contribution >= 0.6 is 0 Å². The van der Waals surface area contributed by atoms with Crippen molar-refractivity contribution in [2.24, 2.45) is 0 Å². The third-order valence-electron chi connectivity index (χ3n) is 4.50. The molecule has 2 aromatic rings. The van der Waals surface area contributed by atoms with Crippen LogP contribution in [-0.4, -0.2) is 49.2 Å². The smallest absolute Gasteiger partial charge is 0.490 e. The van der Waals surface area contributed by atoms with Gasteiger partial charge in [0.25, 0.3) is 0 Å². The monoisotopic (exact) mass is 457 g/mol. The van der Waals surface area contributed by atoms with Crippen LogP contribution in [0.15, 0.2) is 30.3 Å². The van der Waals surface area contributed by atoms with Crippen molar-refractivity contribution in [3.05, 3.63) is 52.6 Å². The SMILES string of the molecule is COc1cc(C(=O)O)cc(NCc2ccc3c(c2)CCOC3)c1OC.O=C(O)C(F)(F)F. The van der Waals surface area contributed by atoms with Crippen LogP contribution in [0.2, 0.25) is 0 Å². The highest BCUT2D eigenvalue weighted by Crippen LogP contribution is 2.37. The standard InChI is InChI=1S/C19H21NO5.C2HF3O2/c1-23-17-9-15(19(21)22)8-16(18(17)24-2)20-10-12-3-4-14-11-25-6-5-13(14)7-12;3-2(4,5)1(6)7/h3-4,7-9,20H,5-6,10-11H2,1-2H3,(H,21,22);(H,6,7). The molecule has 0 spiro atoms. The van der Waals surface area contributed by atoms with E-state index in [0.29, 0.717) is 30.3 Å². The highest BCUT2D eigenvalue weighted by Gasteiger charge is 2.38. The van der Waals surface area contributed by atoms with Crippen LogP contribution in [0.25, 0.3) is 0 Å². The highest BCUT2D eigenvalue weighted by molar-refractivity contribution is 5.90. The minimum atomic E-state index is -5.08. The van der Waals surface area contributed by atoms with Gasteiger partial charge in [0, 0.05) is 6.54 Å². The number of hydrogen-bond donors (Lipinski definition) is 3. The summed E-state index contributed by atoms with van der Waals surface area (Å²) in [4.78, 5) is 20.2. The Morgan fingerprint density at radius 3 is 2.34 bits per heavy atom. The van der Waals surface area contributed by atoms with Crippen molar-refractivity contribution < 1.29 is 47.2 Å². The summed E-state index contributed by atoms with van der Waals surface area (Å²) in [5, 5.41) is 19.7. The molecule has 3 N–H and O–H groups in total. The Morgan fingerprint density at radius 2 is 1.78 bits per heavy atom. The van der Waals surface area contributed by atoms with E-state index < -0.39 is 18.1 Å². The summed E-state index contributed by atoms with van der Waals surface area (Å²) in [6.07, 6.45) is -4.17. The molecule has 174 valence electrons. The first-order valence-electron chi connectivity index (χ1n) is 9.28. The van der Waals surface area contributed by atoms with Crippen LogP contribution in [-0.2, 0) is 29.1 Å². The molecule has 0 amide bonds. The molecule has 1 aliphatic heterocycles. The molecular formula is C21H22F3NO7. The number of carbonyl (C=O) groups is 2. The van der Waals surface area contributed by atoms with Gasteiger partial charge >= 0.3 is 18.1 Å². The normalized spacial score (nSPS) is 12.7. The summed E-state index contributed by atoms with van der Waals surface area (Å²) >= 11 is 0. The number of rotatable bonds is 6. The van der Waals surface area contributed by atoms with E-state index in [1.165, 1.54) is 31.4 Å². The van der Waals surface area contributed by atoms with E-state index in [0.717, 1.165) is 18.6 Å². The van der Waals surface area contributed by atoms with Crippen molar-refractivity contribution in [1.82, 2.24) is 0 Å². The topological polar surface area (TPSA) is 114 Å². The van der Waals surface area contributed by atoms with Crippen LogP contribution in [0.4, 0.5) is 18.9 Å². The minimum Gasteiger partial charge on any atom is -0.493 e. The molecule has 1 aliphatic rings. The number of nitrogens with one attached hydrogen (secondary N) is 1. The fraction of sp³-hybridized carbons (Fsp3) is 0.333. The Labute approximate surface area is 181 Å². The molecule has 0 bridgehead atoms. The van der Waals surface area contributed by atoms with Crippen LogP contribution in [0.3, 0.4) is 0 Å². The number of ether oxygens (including phenoxy) is 3. The lowest BCUT2D eigenvalue weighted by Gasteiger charge is -2.18. The quantitative estimate of drug-likeness (QED) is 0.602. The van der Waals surface area contributed by atoms with Crippen LogP contribution in [0, 0.1) is 0 Å². The van der Waals surface area contributed by atoms with Gasteiger partial charge in [-0.2, -0.15) is 13.2 Å². The maximum atomic E-state index is 11.3. The maximum absolute atomic E-state index is 11.3. The lowest BCUT2D eigenvalue weighted by atomic mass is 10.0. The summed E-state index contributed by atoms with van der Waals surface area (Å²) < 4.78 is 47.8. The van der Waals surface area contributed by atoms with Gasteiger partial charge in [-0.05, 0) is 35.2 Å². The predicted octanol–water partition coefficient (Wildman–Crippen LogP) is 3.72. The Hall–Kier alpha value is -3.47. The molecule has 32 heavy (non-hydrogen) atoms. The molecule has 11 heteroatoms. The molecule has 8 nitrogen and oxygen atoms in total. The van der Waals surface area contributed by atoms with E-state index in [1.54, 1.807) is 6.07 Å². The van der Waals surface area contributed by atoms with E-state index in [9.17, 15) is 23.1 Å². The maximum Gasteiger partial charge on any atom is 0.490 e. The Morgan fingerprint density at radius 1 is 1.09 bits per heavy atom. The van der Waals surface area contributed by atoms with Gasteiger partial charge in [-0.1, -0.05) is 18.2 Å². The summed E-state index contributed by atoms with van der Waals surface area (Å²) in [6, 6.07) is 9.29. The van der Waals surface area contributed by atoms with E-state index in [-0.39, 0.29) is 5.56 Å². The zero-order valence-corrected chi connectivity index (χ0v) is 17.3. The predicted molar refractivity (Wildman–Crippen MR) is 107 cm³/mol. The van der Waals surface area contributed by atoms with Gasteiger partial charge in [-0.15, -0.1) is 0 Å². The Bertz CT molecular complexity index is 977. The first-order chi connectivity index (χ1) is 15.1. The molecule has 0 radical (unpaired) electrons. The van der Waals surface area contributed by atoms with E-state index >= 15 is 0 Å². The summed E-state index contributed by atoms with van der Waals surface area (Å²) in [5.74, 6) is -2.91. The first-order valence-corrected chi connectivity index (χ1v) is 9.28. The number of aromatic carboxylic acids is 1. The molecule has 0 aromatic heterocycles. The van der Waals surface area contributed by atoms with E-state index in [4.69, 9.17) is 24.1 Å². The number of benzene rings is 2. The average Bonchev–Trinajstić information content (AvgIpc) is 2.76. The van der Waals surface area contributed by atoms with Crippen molar-refractivity contribution in [2.75, 3.05) is 26.1 Å². The largest absolute Gasteiger partial charge is 0.493 e. The molecule has 0 saturated carbocycles. The van der Waals surface area contributed by atoms with Gasteiger partial charge in [0.15, 0.2) is 11.5 Å². The van der Waals surface area contributed by atoms with Crippen LogP contribution < -0.4 is 14.8 Å². The molecular weight excluding hydrogens is 435 g/mol. The third-order valence-corrected chi connectivity index (χ3v) is 4.50. The number of anilines is 1. The number of methoxy groups -OCH3 is 2. The Kier molecular flexibility index (Phi) is 8.30. The third kappa shape index (κ3) is 6.51. The number of hydrogen-bond acceptors (Lipinski definition) is 6. The van der Waals surface area contributed by atoms with Crippen molar-refractivity contribution >= 4 is 17.6 Å². The summed E-state index contributed by atoms with van der Waals surface area (Å²) in [6.45, 7) is 1.96. The van der Waals surface area contributed by atoms with E-state index in [1.807, 2.05) is 6.07 Å². The number of halogens is 3. The van der Waals surface area contributed by atoms with Crippen molar-refractivity contribution in [1.29, 1.82) is 0 Å². The molecule has 0 saturated heterocycles. The second kappa shape index (κ2) is 10.7. The molecule has 0 aliphatic carbocycles. The van der Waals surface area contributed by atoms with Gasteiger partial charge in [0.1, 0.15) is 0 Å². The first kappa shape index (κ1) is 24.8. The van der Waals surface area contributed by atoms with Gasteiger partial charge in [0.2, 0.25) is 0 Å². The number of aliphatic carboxylic acids is 1. The molecule has 0 fully saturated rings. The summed E-state index contributed by atoms with van der Waals surface area (Å²) in [5.41, 5.74) is 4.36. The lowest BCUT2D eigenvalue weighted by Crippen LogP contribution is -2.21. The minimum absolute atomic E-state index is 0.141. The average molecular weight is 457 g/mol. The summed E-state index contributed by atoms with van der Waals surface area (Å²) in [7, 11) is 3.02. The Balaban J connectivity index is 0.000000451. The van der Waals surface area contributed by atoms with Gasteiger partial charge < -0.3 is 29.7 Å². The molecule has 3 rings (SSSR count). The highest BCUT2D eigenvalue weighted by atomic mass is 19.4. The van der Waals surface area contributed by atoms with Crippen molar-refractivity contribution in [3.63, 3.8) is 0 Å². The number of fused-ring (bicyclic) bond motifs is 1. The van der Waals surface area contributed by atoms with Crippen LogP contribution in [0.1, 0.15) is 27.0 Å². The van der Waals surface area contributed by atoms with Gasteiger partial charge in [-0.25, -0.2) is 9.59 Å². The second-order valence-corrected chi connectivity index (χ2v) is 6.63. The van der Waals surface area contributed by atoms with Crippen molar-refractivity contribution in [3.8, 4) is 11.5 Å². The lowest BCUT2D eigenvalue weighted by molar-refractivity contribution is -0.192. The fourth-order valence-corrected chi connectivity index (χ4v) is 2.94. The second-order valence-electron chi connectivity index (χ2n) is 6.63. The number of alkyl halides is 3. The zero-order chi connectivity index (χ0) is 23.9. The van der Waals surface area contributed by atoms with Crippen molar-refractivity contribution in [2.45, 2.75) is 25.7 Å². The van der Waals surface area contributed by atoms with Crippen LogP contribution in [0.5, 0.6) is 11.5 Å². The molecule has 0 unspecified atom stereocenters. The molecule has 0 atom stereocenters.